The fraction of sp³-hybridized carbons (Fsp3) is 0.333. The van der Waals surface area contributed by atoms with E-state index in [0.29, 0.717) is 18.4 Å². The van der Waals surface area contributed by atoms with Gasteiger partial charge in [0, 0.05) is 16.7 Å². The van der Waals surface area contributed by atoms with E-state index in [2.05, 4.69) is 0 Å². The van der Waals surface area contributed by atoms with Crippen molar-refractivity contribution >= 4 is 56.7 Å². The van der Waals surface area contributed by atoms with Crippen LogP contribution in [0.2, 0.25) is 0 Å². The number of carbonyl (C=O) groups excluding carboxylic acids is 4. The van der Waals surface area contributed by atoms with Crippen molar-refractivity contribution in [2.75, 3.05) is 0 Å². The Bertz CT molecular complexity index is 1060. The first kappa shape index (κ1) is 27.6. The molecule has 7 nitrogen and oxygen atoms in total. The number of hydrogen-bond acceptors (Lipinski definition) is 7. The van der Waals surface area contributed by atoms with Crippen molar-refractivity contribution in [3.8, 4) is 11.5 Å². The van der Waals surface area contributed by atoms with E-state index in [9.17, 15) is 24.3 Å². The van der Waals surface area contributed by atoms with Crippen molar-refractivity contribution in [3.63, 3.8) is 0 Å². The maximum atomic E-state index is 12.1. The van der Waals surface area contributed by atoms with Gasteiger partial charge in [-0.25, -0.2) is 4.79 Å². The van der Waals surface area contributed by atoms with Crippen molar-refractivity contribution in [1.82, 2.24) is 0 Å². The van der Waals surface area contributed by atoms with Gasteiger partial charge in [-0.1, -0.05) is 6.92 Å². The van der Waals surface area contributed by atoms with E-state index >= 15 is 0 Å². The Kier molecular flexibility index (Phi) is 9.50. The normalized spacial score (nSPS) is 12.1. The molecule has 0 bridgehead atoms. The first-order valence-electron chi connectivity index (χ1n) is 10.3. The number of carbonyl (C=O) groups is 4. The molecule has 182 valence electrons. The smallest absolute Gasteiger partial charge is 0.508 e. The number of benzene rings is 2. The van der Waals surface area contributed by atoms with Gasteiger partial charge in [-0.2, -0.15) is 0 Å². The lowest BCUT2D eigenvalue weighted by molar-refractivity contribution is 0.000930. The Labute approximate surface area is 211 Å². The molecular formula is C24H23Cl3O7. The van der Waals surface area contributed by atoms with E-state index in [1.807, 2.05) is 6.92 Å². The molecule has 0 aliphatic heterocycles. The Hall–Kier alpha value is -2.61. The van der Waals surface area contributed by atoms with Crippen molar-refractivity contribution < 1.29 is 33.8 Å². The van der Waals surface area contributed by atoms with E-state index in [-0.39, 0.29) is 40.5 Å². The lowest BCUT2D eigenvalue weighted by atomic mass is 9.87. The van der Waals surface area contributed by atoms with Gasteiger partial charge in [-0.15, -0.1) is 0 Å². The second-order valence-corrected chi connectivity index (χ2v) is 9.46. The Balaban J connectivity index is 2.08. The lowest BCUT2D eigenvalue weighted by Gasteiger charge is -2.26. The summed E-state index contributed by atoms with van der Waals surface area (Å²) in [5.74, 6) is 0.178. The molecular weight excluding hydrogens is 507 g/mol. The summed E-state index contributed by atoms with van der Waals surface area (Å²) in [5, 5.41) is 6.75. The van der Waals surface area contributed by atoms with Gasteiger partial charge in [0.2, 0.25) is 0 Å². The van der Waals surface area contributed by atoms with Gasteiger partial charge >= 0.3 is 6.16 Å². The highest BCUT2D eigenvalue weighted by Crippen LogP contribution is 2.29. The Morgan fingerprint density at radius 1 is 0.941 bits per heavy atom. The number of rotatable bonds is 10. The van der Waals surface area contributed by atoms with Crippen LogP contribution in [-0.2, 0) is 11.2 Å². The van der Waals surface area contributed by atoms with E-state index in [4.69, 9.17) is 44.3 Å². The van der Waals surface area contributed by atoms with Crippen molar-refractivity contribution in [2.24, 2.45) is 5.92 Å². The second-order valence-electron chi connectivity index (χ2n) is 8.43. The van der Waals surface area contributed by atoms with Gasteiger partial charge in [0.15, 0.2) is 0 Å². The third-order valence-corrected chi connectivity index (χ3v) is 5.72. The third-order valence-electron chi connectivity index (χ3n) is 5.09. The van der Waals surface area contributed by atoms with Crippen LogP contribution in [0.1, 0.15) is 70.3 Å². The van der Waals surface area contributed by atoms with E-state index < -0.39 is 27.5 Å². The number of hydrogen-bond donors (Lipinski definition) is 1. The summed E-state index contributed by atoms with van der Waals surface area (Å²) in [4.78, 5) is 47.6. The molecule has 0 heterocycles. The molecule has 0 saturated heterocycles. The molecule has 0 aliphatic carbocycles. The zero-order chi connectivity index (χ0) is 25.6. The van der Waals surface area contributed by atoms with Gasteiger partial charge in [0.1, 0.15) is 17.1 Å². The fourth-order valence-corrected chi connectivity index (χ4v) is 3.75. The Morgan fingerprint density at radius 3 is 1.94 bits per heavy atom. The minimum absolute atomic E-state index is 0.0167. The molecule has 2 rings (SSSR count). The molecule has 1 unspecified atom stereocenters. The number of aromatic hydroxyl groups is 1. The molecule has 0 spiro atoms. The molecule has 0 fully saturated rings. The summed E-state index contributed by atoms with van der Waals surface area (Å²) < 4.78 is 10.5. The lowest BCUT2D eigenvalue weighted by Crippen LogP contribution is -2.30. The minimum atomic E-state index is -0.894. The molecule has 0 aliphatic rings. The molecule has 0 radical (unpaired) electrons. The quantitative estimate of drug-likeness (QED) is 0.213. The van der Waals surface area contributed by atoms with Gasteiger partial charge in [0.05, 0.1) is 0 Å². The van der Waals surface area contributed by atoms with Crippen LogP contribution >= 0.6 is 34.8 Å². The first-order valence-corrected chi connectivity index (χ1v) is 11.4. The summed E-state index contributed by atoms with van der Waals surface area (Å²) in [6.45, 7) is 5.33. The predicted octanol–water partition coefficient (Wildman–Crippen LogP) is 6.48. The summed E-state index contributed by atoms with van der Waals surface area (Å²) in [7, 11) is 0. The number of phenolic OH excluding ortho intramolecular Hbond substituents is 1. The third kappa shape index (κ3) is 8.01. The van der Waals surface area contributed by atoms with Crippen LogP contribution in [0.25, 0.3) is 0 Å². The molecule has 2 aromatic rings. The van der Waals surface area contributed by atoms with E-state index in [1.54, 1.807) is 13.8 Å². The standard InChI is InChI=1S/C24H23Cl3O7/c1-13(8-9-24(2,3)34-23(32)33-16-6-4-15(28)5-7-16)10-17-18(21(26)30)11-14(20(25)29)12-19(17)22(27)31/h4-7,11-13,28H,8-10H2,1-3H3. The fourth-order valence-electron chi connectivity index (χ4n) is 3.31. The molecule has 0 aromatic heterocycles. The van der Waals surface area contributed by atoms with E-state index in [0.717, 1.165) is 0 Å². The van der Waals surface area contributed by atoms with Crippen molar-refractivity contribution in [3.05, 3.63) is 58.7 Å². The predicted molar refractivity (Wildman–Crippen MR) is 128 cm³/mol. The van der Waals surface area contributed by atoms with Crippen LogP contribution in [0, 0.1) is 5.92 Å². The van der Waals surface area contributed by atoms with Crippen LogP contribution in [0.15, 0.2) is 36.4 Å². The zero-order valence-electron chi connectivity index (χ0n) is 18.7. The Morgan fingerprint density at radius 2 is 1.47 bits per heavy atom. The average molecular weight is 530 g/mol. The summed E-state index contributed by atoms with van der Waals surface area (Å²) in [6.07, 6.45) is 0.342. The second kappa shape index (κ2) is 11.7. The molecule has 2 aromatic carbocycles. The number of phenols is 1. The molecule has 0 amide bonds. The number of halogens is 3. The van der Waals surface area contributed by atoms with Crippen LogP contribution < -0.4 is 4.74 Å². The van der Waals surface area contributed by atoms with Crippen molar-refractivity contribution in [1.29, 1.82) is 0 Å². The van der Waals surface area contributed by atoms with Crippen LogP contribution in [-0.4, -0.2) is 32.6 Å². The summed E-state index contributed by atoms with van der Waals surface area (Å²) >= 11 is 16.9. The largest absolute Gasteiger partial charge is 0.514 e. The van der Waals surface area contributed by atoms with Gasteiger partial charge in [-0.05, 0) is 116 Å². The topological polar surface area (TPSA) is 107 Å². The maximum Gasteiger partial charge on any atom is 0.514 e. The van der Waals surface area contributed by atoms with Crippen LogP contribution in [0.5, 0.6) is 11.5 Å². The van der Waals surface area contributed by atoms with Gasteiger partial charge < -0.3 is 14.6 Å². The van der Waals surface area contributed by atoms with Crippen LogP contribution in [0.3, 0.4) is 0 Å². The van der Waals surface area contributed by atoms with Gasteiger partial charge in [0.25, 0.3) is 15.7 Å². The van der Waals surface area contributed by atoms with E-state index in [1.165, 1.54) is 36.4 Å². The van der Waals surface area contributed by atoms with Crippen LogP contribution in [0.4, 0.5) is 4.79 Å². The molecule has 1 atom stereocenters. The average Bonchev–Trinajstić information content (AvgIpc) is 2.73. The zero-order valence-corrected chi connectivity index (χ0v) is 21.0. The van der Waals surface area contributed by atoms with Gasteiger partial charge in [-0.3, -0.25) is 14.4 Å². The molecule has 34 heavy (non-hydrogen) atoms. The number of ether oxygens (including phenoxy) is 2. The first-order chi connectivity index (χ1) is 15.8. The molecule has 0 saturated carbocycles. The monoisotopic (exact) mass is 528 g/mol. The highest BCUT2D eigenvalue weighted by Gasteiger charge is 2.27. The molecule has 1 N–H and O–H groups in total. The summed E-state index contributed by atoms with van der Waals surface area (Å²) in [5.41, 5.74) is -0.658. The highest BCUT2D eigenvalue weighted by atomic mass is 35.5. The summed E-state index contributed by atoms with van der Waals surface area (Å²) in [6, 6.07) is 8.10. The maximum absolute atomic E-state index is 12.1. The molecule has 10 heteroatoms. The minimum Gasteiger partial charge on any atom is -0.508 e. The van der Waals surface area contributed by atoms with Crippen molar-refractivity contribution in [2.45, 2.75) is 45.6 Å². The highest BCUT2D eigenvalue weighted by molar-refractivity contribution is 6.70. The SMILES string of the molecule is CC(CCC(C)(C)OC(=O)Oc1ccc(O)cc1)Cc1c(C(=O)Cl)cc(C(=O)Cl)cc1C(=O)Cl.